The van der Waals surface area contributed by atoms with E-state index in [-0.39, 0.29) is 0 Å². The predicted molar refractivity (Wildman–Crippen MR) is 74.1 cm³/mol. The highest BCUT2D eigenvalue weighted by Gasteiger charge is 2.15. The predicted octanol–water partition coefficient (Wildman–Crippen LogP) is 2.76. The fourth-order valence-corrected chi connectivity index (χ4v) is 2.43. The van der Waals surface area contributed by atoms with E-state index in [2.05, 4.69) is 34.6 Å². The monoisotopic (exact) mass is 239 g/mol. The normalized spacial score (nSPS) is 19.0. The summed E-state index contributed by atoms with van der Waals surface area (Å²) in [5, 5.41) is 3.51. The lowest BCUT2D eigenvalue weighted by atomic mass is 10.0. The van der Waals surface area contributed by atoms with Gasteiger partial charge < -0.3 is 11.1 Å². The molecule has 3 rings (SSSR count). The number of hydrogen-bond donors (Lipinski definition) is 2. The SMILES string of the molecule is Nc1ccc(-c2ccc([C@@H]3CCCN3)cc2)nc1. The van der Waals surface area contributed by atoms with Gasteiger partial charge in [0.2, 0.25) is 0 Å². The largest absolute Gasteiger partial charge is 0.397 e. The van der Waals surface area contributed by atoms with Crippen LogP contribution in [0.3, 0.4) is 0 Å². The van der Waals surface area contributed by atoms with Crippen LogP contribution in [0.15, 0.2) is 42.6 Å². The zero-order valence-corrected chi connectivity index (χ0v) is 10.3. The minimum atomic E-state index is 0.526. The minimum Gasteiger partial charge on any atom is -0.397 e. The first-order chi connectivity index (χ1) is 8.83. The van der Waals surface area contributed by atoms with E-state index in [1.54, 1.807) is 6.20 Å². The summed E-state index contributed by atoms with van der Waals surface area (Å²) in [6, 6.07) is 13.0. The van der Waals surface area contributed by atoms with Crippen LogP contribution >= 0.6 is 0 Å². The second kappa shape index (κ2) is 4.78. The Labute approximate surface area is 107 Å². The average molecular weight is 239 g/mol. The minimum absolute atomic E-state index is 0.526. The number of anilines is 1. The van der Waals surface area contributed by atoms with Crippen LogP contribution in [0.4, 0.5) is 5.69 Å². The number of nitrogen functional groups attached to an aromatic ring is 1. The highest BCUT2D eigenvalue weighted by Crippen LogP contribution is 2.25. The van der Waals surface area contributed by atoms with Gasteiger partial charge in [0.05, 0.1) is 17.6 Å². The number of aromatic nitrogens is 1. The van der Waals surface area contributed by atoms with Crippen molar-refractivity contribution in [3.05, 3.63) is 48.2 Å². The summed E-state index contributed by atoms with van der Waals surface area (Å²) >= 11 is 0. The summed E-state index contributed by atoms with van der Waals surface area (Å²) in [6.07, 6.45) is 4.20. The van der Waals surface area contributed by atoms with Crippen molar-refractivity contribution in [1.29, 1.82) is 0 Å². The fraction of sp³-hybridized carbons (Fsp3) is 0.267. The Balaban J connectivity index is 1.84. The molecule has 0 unspecified atom stereocenters. The summed E-state index contributed by atoms with van der Waals surface area (Å²) < 4.78 is 0. The standard InChI is InChI=1S/C15H17N3/c16-13-7-8-15(18-10-13)12-5-3-11(4-6-12)14-2-1-9-17-14/h3-8,10,14,17H,1-2,9,16H2/t14-/m0/s1. The number of pyridine rings is 1. The summed E-state index contributed by atoms with van der Waals surface area (Å²) in [6.45, 7) is 1.13. The van der Waals surface area contributed by atoms with E-state index in [1.807, 2.05) is 12.1 Å². The quantitative estimate of drug-likeness (QED) is 0.847. The van der Waals surface area contributed by atoms with Crippen LogP contribution in [0.2, 0.25) is 0 Å². The number of benzene rings is 1. The van der Waals surface area contributed by atoms with Crippen LogP contribution in [0.25, 0.3) is 11.3 Å². The van der Waals surface area contributed by atoms with Crippen molar-refractivity contribution >= 4 is 5.69 Å². The molecule has 0 radical (unpaired) electrons. The van der Waals surface area contributed by atoms with Crippen molar-refractivity contribution in [3.63, 3.8) is 0 Å². The van der Waals surface area contributed by atoms with Crippen molar-refractivity contribution in [2.24, 2.45) is 0 Å². The van der Waals surface area contributed by atoms with Gasteiger partial charge in [0.15, 0.2) is 0 Å². The van der Waals surface area contributed by atoms with E-state index in [1.165, 1.54) is 18.4 Å². The molecule has 0 spiro atoms. The molecule has 1 fully saturated rings. The van der Waals surface area contributed by atoms with E-state index in [4.69, 9.17) is 5.73 Å². The third-order valence-electron chi connectivity index (χ3n) is 3.46. The molecule has 18 heavy (non-hydrogen) atoms. The average Bonchev–Trinajstić information content (AvgIpc) is 2.94. The number of nitrogens with zero attached hydrogens (tertiary/aromatic N) is 1. The van der Waals surface area contributed by atoms with Crippen LogP contribution in [-0.4, -0.2) is 11.5 Å². The first-order valence-corrected chi connectivity index (χ1v) is 6.38. The zero-order valence-electron chi connectivity index (χ0n) is 10.3. The highest BCUT2D eigenvalue weighted by atomic mass is 14.9. The molecule has 0 aliphatic carbocycles. The third kappa shape index (κ3) is 2.22. The maximum Gasteiger partial charge on any atom is 0.0703 e. The van der Waals surface area contributed by atoms with Crippen LogP contribution in [0.5, 0.6) is 0 Å². The van der Waals surface area contributed by atoms with Crippen molar-refractivity contribution in [2.45, 2.75) is 18.9 Å². The Kier molecular flexibility index (Phi) is 2.99. The van der Waals surface area contributed by atoms with Crippen LogP contribution in [0, 0.1) is 0 Å². The maximum absolute atomic E-state index is 5.64. The Morgan fingerprint density at radius 3 is 2.56 bits per heavy atom. The van der Waals surface area contributed by atoms with Crippen molar-refractivity contribution in [3.8, 4) is 11.3 Å². The van der Waals surface area contributed by atoms with Crippen molar-refractivity contribution in [1.82, 2.24) is 10.3 Å². The van der Waals surface area contributed by atoms with Gasteiger partial charge >= 0.3 is 0 Å². The van der Waals surface area contributed by atoms with Crippen molar-refractivity contribution < 1.29 is 0 Å². The topological polar surface area (TPSA) is 50.9 Å². The molecule has 3 N–H and O–H groups in total. The Morgan fingerprint density at radius 1 is 1.11 bits per heavy atom. The van der Waals surface area contributed by atoms with Crippen LogP contribution in [0.1, 0.15) is 24.4 Å². The molecule has 0 amide bonds. The molecule has 92 valence electrons. The van der Waals surface area contributed by atoms with Crippen molar-refractivity contribution in [2.75, 3.05) is 12.3 Å². The first kappa shape index (κ1) is 11.2. The summed E-state index contributed by atoms with van der Waals surface area (Å²) in [5.41, 5.74) is 9.81. The highest BCUT2D eigenvalue weighted by molar-refractivity contribution is 5.61. The molecule has 2 heterocycles. The van der Waals surface area contributed by atoms with E-state index < -0.39 is 0 Å². The number of rotatable bonds is 2. The zero-order chi connectivity index (χ0) is 12.4. The van der Waals surface area contributed by atoms with Gasteiger partial charge in [0, 0.05) is 11.6 Å². The third-order valence-corrected chi connectivity index (χ3v) is 3.46. The van der Waals surface area contributed by atoms with Gasteiger partial charge in [-0.2, -0.15) is 0 Å². The first-order valence-electron chi connectivity index (χ1n) is 6.38. The van der Waals surface area contributed by atoms with Gasteiger partial charge in [0.25, 0.3) is 0 Å². The molecule has 2 aromatic rings. The smallest absolute Gasteiger partial charge is 0.0703 e. The Bertz CT molecular complexity index is 510. The van der Waals surface area contributed by atoms with Gasteiger partial charge in [-0.25, -0.2) is 0 Å². The van der Waals surface area contributed by atoms with E-state index in [9.17, 15) is 0 Å². The molecule has 0 bridgehead atoms. The molecular weight excluding hydrogens is 222 g/mol. The van der Waals surface area contributed by atoms with Crippen LogP contribution < -0.4 is 11.1 Å². The molecule has 1 aromatic heterocycles. The Morgan fingerprint density at radius 2 is 1.94 bits per heavy atom. The summed E-state index contributed by atoms with van der Waals surface area (Å²) in [7, 11) is 0. The molecule has 1 aliphatic heterocycles. The number of nitrogens with one attached hydrogen (secondary N) is 1. The fourth-order valence-electron chi connectivity index (χ4n) is 2.43. The number of hydrogen-bond acceptors (Lipinski definition) is 3. The molecule has 1 saturated heterocycles. The molecule has 3 heteroatoms. The van der Waals surface area contributed by atoms with E-state index >= 15 is 0 Å². The van der Waals surface area contributed by atoms with Gasteiger partial charge in [-0.05, 0) is 37.1 Å². The molecule has 0 saturated carbocycles. The summed E-state index contributed by atoms with van der Waals surface area (Å²) in [4.78, 5) is 4.34. The van der Waals surface area contributed by atoms with E-state index in [0.29, 0.717) is 11.7 Å². The second-order valence-electron chi connectivity index (χ2n) is 4.75. The van der Waals surface area contributed by atoms with Gasteiger partial charge in [-0.3, -0.25) is 4.98 Å². The molecule has 1 aliphatic rings. The van der Waals surface area contributed by atoms with E-state index in [0.717, 1.165) is 17.8 Å². The van der Waals surface area contributed by atoms with Gasteiger partial charge in [-0.1, -0.05) is 24.3 Å². The lowest BCUT2D eigenvalue weighted by Gasteiger charge is -2.11. The molecular formula is C15H17N3. The molecule has 1 aromatic carbocycles. The van der Waals surface area contributed by atoms with Gasteiger partial charge in [0.1, 0.15) is 0 Å². The second-order valence-corrected chi connectivity index (χ2v) is 4.75. The lowest BCUT2D eigenvalue weighted by molar-refractivity contribution is 0.648. The number of nitrogens with two attached hydrogens (primary N) is 1. The molecule has 3 nitrogen and oxygen atoms in total. The van der Waals surface area contributed by atoms with Crippen LogP contribution in [-0.2, 0) is 0 Å². The maximum atomic E-state index is 5.64. The molecule has 1 atom stereocenters. The Hall–Kier alpha value is -1.87. The lowest BCUT2D eigenvalue weighted by Crippen LogP contribution is -2.12. The summed E-state index contributed by atoms with van der Waals surface area (Å²) in [5.74, 6) is 0. The van der Waals surface area contributed by atoms with Gasteiger partial charge in [-0.15, -0.1) is 0 Å².